The molecule has 0 saturated carbocycles. The molecule has 0 aromatic carbocycles. The van der Waals surface area contributed by atoms with Gasteiger partial charge in [-0.1, -0.05) is 184 Å². The molecule has 0 heterocycles. The number of rotatable bonds is 38. The molecular weight excluding hydrogens is 671 g/mol. The predicted octanol–water partition coefficient (Wildman–Crippen LogP) is 12.7. The van der Waals surface area contributed by atoms with Crippen LogP contribution in [-0.2, 0) is 14.3 Å². The maximum Gasteiger partial charge on any atom is 0.306 e. The molecule has 310 valence electrons. The van der Waals surface area contributed by atoms with Crippen molar-refractivity contribution in [1.29, 1.82) is 0 Å². The van der Waals surface area contributed by atoms with Crippen LogP contribution in [0.1, 0.15) is 194 Å². The van der Waals surface area contributed by atoms with E-state index in [0.717, 1.165) is 96.3 Å². The lowest BCUT2D eigenvalue weighted by Gasteiger charge is -2.24. The third-order valence-corrected chi connectivity index (χ3v) is 9.63. The number of aliphatic hydroxyl groups excluding tert-OH is 2. The zero-order valence-electron chi connectivity index (χ0n) is 35.1. The van der Waals surface area contributed by atoms with Crippen molar-refractivity contribution in [2.45, 2.75) is 212 Å². The molecule has 0 rings (SSSR count). The van der Waals surface area contributed by atoms with Gasteiger partial charge in [0.2, 0.25) is 5.91 Å². The highest BCUT2D eigenvalue weighted by molar-refractivity contribution is 5.77. The smallest absolute Gasteiger partial charge is 0.306 e. The molecule has 0 aliphatic rings. The Hall–Kier alpha value is -2.70. The number of hydrogen-bond acceptors (Lipinski definition) is 5. The Balaban J connectivity index is 4.71. The number of hydrogen-bond donors (Lipinski definition) is 3. The Morgan fingerprint density at radius 1 is 0.574 bits per heavy atom. The van der Waals surface area contributed by atoms with Crippen molar-refractivity contribution >= 4 is 11.9 Å². The van der Waals surface area contributed by atoms with Crippen LogP contribution in [0.5, 0.6) is 0 Å². The molecule has 0 saturated heterocycles. The third kappa shape index (κ3) is 36.3. The second-order valence-electron chi connectivity index (χ2n) is 14.8. The predicted molar refractivity (Wildman–Crippen MR) is 231 cm³/mol. The average molecular weight is 754 g/mol. The highest BCUT2D eigenvalue weighted by atomic mass is 16.5. The standard InChI is InChI=1S/C48H83NO5/c1-4-7-10-13-16-19-22-24-26-29-32-35-38-41-48(53)54-44(39-36-33-30-27-25-23-20-17-14-11-8-5-2)42-47(52)49-45(43-50)46(51)40-37-34-31-28-21-18-15-12-9-6-3/h7-8,10-11,13,16-17,19-20,22,24,26,44-46,50-51H,4-6,9,12,14-15,18,21,23,25,27-43H2,1-3H3,(H,49,52)/b10-7+,11-8+,16-13+,20-17+,22-19-,26-24-. The first-order valence-corrected chi connectivity index (χ1v) is 22.2. The summed E-state index contributed by atoms with van der Waals surface area (Å²) < 4.78 is 5.87. The molecule has 54 heavy (non-hydrogen) atoms. The van der Waals surface area contributed by atoms with E-state index in [9.17, 15) is 19.8 Å². The van der Waals surface area contributed by atoms with Gasteiger partial charge in [0.05, 0.1) is 25.2 Å². The molecule has 0 aliphatic heterocycles. The summed E-state index contributed by atoms with van der Waals surface area (Å²) in [4.78, 5) is 25.9. The molecule has 0 radical (unpaired) electrons. The monoisotopic (exact) mass is 754 g/mol. The fourth-order valence-electron chi connectivity index (χ4n) is 6.30. The first-order chi connectivity index (χ1) is 26.5. The first kappa shape index (κ1) is 51.3. The SMILES string of the molecule is CC/C=C/C=C/C=C\C=C/CCCCCC(=O)OC(CCCCCCC/C=C/C/C=C/CC)CC(=O)NC(CO)C(O)CCCCCCCCCCCC. The molecule has 1 amide bonds. The van der Waals surface area contributed by atoms with Gasteiger partial charge in [-0.3, -0.25) is 9.59 Å². The summed E-state index contributed by atoms with van der Waals surface area (Å²) in [7, 11) is 0. The second kappa shape index (κ2) is 41.5. The Kier molecular flexibility index (Phi) is 39.4. The molecule has 6 heteroatoms. The molecule has 3 atom stereocenters. The number of ether oxygens (including phenoxy) is 1. The summed E-state index contributed by atoms with van der Waals surface area (Å²) >= 11 is 0. The lowest BCUT2D eigenvalue weighted by Crippen LogP contribution is -2.46. The van der Waals surface area contributed by atoms with Crippen LogP contribution >= 0.6 is 0 Å². The lowest BCUT2D eigenvalue weighted by molar-refractivity contribution is -0.151. The van der Waals surface area contributed by atoms with Crippen molar-refractivity contribution < 1.29 is 24.5 Å². The van der Waals surface area contributed by atoms with E-state index in [2.05, 4.69) is 68.6 Å². The van der Waals surface area contributed by atoms with Crippen LogP contribution in [-0.4, -0.2) is 46.9 Å². The first-order valence-electron chi connectivity index (χ1n) is 22.2. The van der Waals surface area contributed by atoms with Gasteiger partial charge in [-0.25, -0.2) is 0 Å². The number of carbonyl (C=O) groups is 2. The third-order valence-electron chi connectivity index (χ3n) is 9.63. The van der Waals surface area contributed by atoms with Crippen LogP contribution in [0.25, 0.3) is 0 Å². The largest absolute Gasteiger partial charge is 0.462 e. The Bertz CT molecular complexity index is 1030. The number of unbranched alkanes of at least 4 members (excludes halogenated alkanes) is 17. The minimum Gasteiger partial charge on any atom is -0.462 e. The van der Waals surface area contributed by atoms with Crippen molar-refractivity contribution in [3.05, 3.63) is 72.9 Å². The molecule has 3 N–H and O–H groups in total. The van der Waals surface area contributed by atoms with E-state index in [1.54, 1.807) is 0 Å². The molecule has 0 aromatic heterocycles. The van der Waals surface area contributed by atoms with Gasteiger partial charge in [-0.05, 0) is 70.6 Å². The topological polar surface area (TPSA) is 95.9 Å². The summed E-state index contributed by atoms with van der Waals surface area (Å²) in [6.45, 7) is 6.18. The van der Waals surface area contributed by atoms with Crippen LogP contribution in [0, 0.1) is 0 Å². The van der Waals surface area contributed by atoms with Gasteiger partial charge in [0.25, 0.3) is 0 Å². The van der Waals surface area contributed by atoms with Crippen molar-refractivity contribution in [2.24, 2.45) is 0 Å². The van der Waals surface area contributed by atoms with Gasteiger partial charge < -0.3 is 20.3 Å². The Labute approximate surface area is 332 Å². The highest BCUT2D eigenvalue weighted by Crippen LogP contribution is 2.17. The number of nitrogens with one attached hydrogen (secondary N) is 1. The summed E-state index contributed by atoms with van der Waals surface area (Å²) in [5, 5.41) is 23.6. The molecule has 6 nitrogen and oxygen atoms in total. The number of allylic oxidation sites excluding steroid dienone is 12. The number of carbonyl (C=O) groups excluding carboxylic acids is 2. The van der Waals surface area contributed by atoms with E-state index in [-0.39, 0.29) is 24.9 Å². The van der Waals surface area contributed by atoms with E-state index in [1.165, 1.54) is 51.4 Å². The van der Waals surface area contributed by atoms with Crippen molar-refractivity contribution in [2.75, 3.05) is 6.61 Å². The van der Waals surface area contributed by atoms with E-state index in [1.807, 2.05) is 30.4 Å². The van der Waals surface area contributed by atoms with Crippen LogP contribution < -0.4 is 5.32 Å². The fraction of sp³-hybridized carbons (Fsp3) is 0.708. The normalized spacial score (nSPS) is 14.1. The number of aliphatic hydroxyl groups is 2. The highest BCUT2D eigenvalue weighted by Gasteiger charge is 2.24. The van der Waals surface area contributed by atoms with Crippen LogP contribution in [0.2, 0.25) is 0 Å². The molecule has 0 aromatic rings. The van der Waals surface area contributed by atoms with Gasteiger partial charge in [-0.15, -0.1) is 0 Å². The summed E-state index contributed by atoms with van der Waals surface area (Å²) in [6.07, 6.45) is 51.0. The molecule has 0 fully saturated rings. The van der Waals surface area contributed by atoms with Crippen LogP contribution in [0.4, 0.5) is 0 Å². The molecule has 0 spiro atoms. The molecule has 0 bridgehead atoms. The minimum atomic E-state index is -0.799. The van der Waals surface area contributed by atoms with E-state index < -0.39 is 18.2 Å². The summed E-state index contributed by atoms with van der Waals surface area (Å²) in [5.74, 6) is -0.543. The Morgan fingerprint density at radius 3 is 1.72 bits per heavy atom. The van der Waals surface area contributed by atoms with Gasteiger partial charge in [-0.2, -0.15) is 0 Å². The number of esters is 1. The maximum absolute atomic E-state index is 13.1. The van der Waals surface area contributed by atoms with Crippen molar-refractivity contribution in [3.63, 3.8) is 0 Å². The van der Waals surface area contributed by atoms with Crippen molar-refractivity contribution in [3.8, 4) is 0 Å². The zero-order valence-corrected chi connectivity index (χ0v) is 35.1. The quantitative estimate of drug-likeness (QED) is 0.0252. The van der Waals surface area contributed by atoms with Crippen LogP contribution in [0.15, 0.2) is 72.9 Å². The van der Waals surface area contributed by atoms with Gasteiger partial charge in [0, 0.05) is 6.42 Å². The van der Waals surface area contributed by atoms with Gasteiger partial charge >= 0.3 is 5.97 Å². The van der Waals surface area contributed by atoms with E-state index in [4.69, 9.17) is 4.74 Å². The summed E-state index contributed by atoms with van der Waals surface area (Å²) in [5.41, 5.74) is 0. The van der Waals surface area contributed by atoms with E-state index in [0.29, 0.717) is 19.3 Å². The van der Waals surface area contributed by atoms with E-state index >= 15 is 0 Å². The molecular formula is C48H83NO5. The van der Waals surface area contributed by atoms with Gasteiger partial charge in [0.15, 0.2) is 0 Å². The lowest BCUT2D eigenvalue weighted by atomic mass is 10.0. The zero-order chi connectivity index (χ0) is 39.6. The molecule has 3 unspecified atom stereocenters. The van der Waals surface area contributed by atoms with Gasteiger partial charge in [0.1, 0.15) is 6.10 Å². The average Bonchev–Trinajstić information content (AvgIpc) is 3.16. The number of amides is 1. The molecule has 0 aliphatic carbocycles. The summed E-state index contributed by atoms with van der Waals surface area (Å²) in [6, 6.07) is -0.715. The Morgan fingerprint density at radius 2 is 1.09 bits per heavy atom. The second-order valence-corrected chi connectivity index (χ2v) is 14.8. The maximum atomic E-state index is 13.1. The van der Waals surface area contributed by atoms with Crippen LogP contribution in [0.3, 0.4) is 0 Å². The van der Waals surface area contributed by atoms with Crippen molar-refractivity contribution in [1.82, 2.24) is 5.32 Å². The minimum absolute atomic E-state index is 0.0485. The fourth-order valence-corrected chi connectivity index (χ4v) is 6.30.